The highest BCUT2D eigenvalue weighted by Crippen LogP contribution is 2.37. The van der Waals surface area contributed by atoms with Crippen molar-refractivity contribution in [1.29, 1.82) is 0 Å². The summed E-state index contributed by atoms with van der Waals surface area (Å²) in [6.45, 7) is 0. The molecule has 2 aliphatic rings. The fourth-order valence-corrected chi connectivity index (χ4v) is 2.97. The molecular weight excluding hydrogens is 226 g/mol. The second-order valence-electron chi connectivity index (χ2n) is 5.02. The number of rotatable bonds is 1. The van der Waals surface area contributed by atoms with Gasteiger partial charge >= 0.3 is 0 Å². The van der Waals surface area contributed by atoms with Crippen molar-refractivity contribution in [2.24, 2.45) is 16.8 Å². The summed E-state index contributed by atoms with van der Waals surface area (Å²) in [5, 5.41) is 0. The Morgan fingerprint density at radius 3 is 2.00 bits per heavy atom. The topological polar surface area (TPSA) is 46.5 Å². The number of ketones is 2. The zero-order chi connectivity index (χ0) is 12.5. The van der Waals surface area contributed by atoms with Gasteiger partial charge in [0, 0.05) is 11.8 Å². The number of benzene rings is 1. The molecular formula is C15H15NO2. The summed E-state index contributed by atoms with van der Waals surface area (Å²) in [6, 6.07) is 9.24. The van der Waals surface area contributed by atoms with Crippen LogP contribution in [0.2, 0.25) is 0 Å². The average Bonchev–Trinajstić information content (AvgIpc) is 2.66. The molecule has 3 heteroatoms. The molecule has 0 spiro atoms. The number of hydrogen-bond donors (Lipinski definition) is 0. The van der Waals surface area contributed by atoms with Gasteiger partial charge in [-0.2, -0.15) is 0 Å². The molecule has 2 aliphatic carbocycles. The molecule has 2 fully saturated rings. The number of hydrogen-bond acceptors (Lipinski definition) is 3. The van der Waals surface area contributed by atoms with E-state index >= 15 is 0 Å². The minimum absolute atomic E-state index is 0.0337. The Morgan fingerprint density at radius 1 is 0.889 bits per heavy atom. The first-order chi connectivity index (χ1) is 8.77. The van der Waals surface area contributed by atoms with Crippen molar-refractivity contribution in [3.8, 4) is 0 Å². The van der Waals surface area contributed by atoms with Crippen LogP contribution in [0.1, 0.15) is 25.7 Å². The van der Waals surface area contributed by atoms with Crippen molar-refractivity contribution in [2.45, 2.75) is 25.7 Å². The van der Waals surface area contributed by atoms with Gasteiger partial charge in [-0.15, -0.1) is 0 Å². The lowest BCUT2D eigenvalue weighted by atomic mass is 9.81. The molecule has 3 rings (SSSR count). The maximum Gasteiger partial charge on any atom is 0.188 e. The number of Topliss-reactive ketones (excluding diaryl/α,β-unsaturated/α-hetero) is 2. The number of nitrogens with zero attached hydrogens (tertiary/aromatic N) is 1. The molecule has 0 aliphatic heterocycles. The fraction of sp³-hybridized carbons (Fsp3) is 0.400. The van der Waals surface area contributed by atoms with E-state index in [1.54, 1.807) is 0 Å². The highest BCUT2D eigenvalue weighted by molar-refractivity contribution is 6.70. The number of carbonyl (C=O) groups is 2. The van der Waals surface area contributed by atoms with Crippen LogP contribution < -0.4 is 0 Å². The van der Waals surface area contributed by atoms with E-state index in [9.17, 15) is 9.59 Å². The van der Waals surface area contributed by atoms with Gasteiger partial charge in [-0.05, 0) is 25.0 Å². The quantitative estimate of drug-likeness (QED) is 0.759. The van der Waals surface area contributed by atoms with E-state index in [0.29, 0.717) is 5.69 Å². The van der Waals surface area contributed by atoms with E-state index in [0.717, 1.165) is 25.7 Å². The molecule has 1 aromatic carbocycles. The highest BCUT2D eigenvalue weighted by Gasteiger charge is 2.47. The normalized spacial score (nSPS) is 27.2. The molecule has 0 aromatic heterocycles. The number of fused-ring (bicyclic) bond motifs is 1. The van der Waals surface area contributed by atoms with Crippen LogP contribution in [-0.4, -0.2) is 17.3 Å². The van der Waals surface area contributed by atoms with E-state index in [1.165, 1.54) is 0 Å². The van der Waals surface area contributed by atoms with Crippen molar-refractivity contribution in [3.63, 3.8) is 0 Å². The summed E-state index contributed by atoms with van der Waals surface area (Å²) >= 11 is 0. The zero-order valence-corrected chi connectivity index (χ0v) is 10.1. The van der Waals surface area contributed by atoms with Gasteiger partial charge in [-0.25, -0.2) is 4.99 Å². The van der Waals surface area contributed by atoms with Crippen molar-refractivity contribution < 1.29 is 9.59 Å². The van der Waals surface area contributed by atoms with Crippen LogP contribution in [0.25, 0.3) is 0 Å². The molecule has 0 heterocycles. The summed E-state index contributed by atoms with van der Waals surface area (Å²) < 4.78 is 0. The first-order valence-electron chi connectivity index (χ1n) is 6.49. The lowest BCUT2D eigenvalue weighted by Gasteiger charge is -2.20. The van der Waals surface area contributed by atoms with Crippen LogP contribution in [0.3, 0.4) is 0 Å². The monoisotopic (exact) mass is 241 g/mol. The first-order valence-corrected chi connectivity index (χ1v) is 6.49. The van der Waals surface area contributed by atoms with Crippen LogP contribution in [0.5, 0.6) is 0 Å². The molecule has 0 N–H and O–H groups in total. The molecule has 1 aromatic rings. The molecule has 0 radical (unpaired) electrons. The standard InChI is InChI=1S/C15H15NO2/c17-14-11-8-4-5-9-12(11)15(18)13(14)16-10-6-2-1-3-7-10/h1-3,6-7,11-12H,4-5,8-9H2. The predicted molar refractivity (Wildman–Crippen MR) is 69.0 cm³/mol. The molecule has 2 unspecified atom stereocenters. The SMILES string of the molecule is O=C1C(=Nc2ccccc2)C(=O)C2CCCCC12. The largest absolute Gasteiger partial charge is 0.292 e. The van der Waals surface area contributed by atoms with Gasteiger partial charge in [-0.3, -0.25) is 9.59 Å². The second-order valence-corrected chi connectivity index (χ2v) is 5.02. The maximum absolute atomic E-state index is 12.2. The van der Waals surface area contributed by atoms with Crippen LogP contribution in [0.4, 0.5) is 5.69 Å². The molecule has 0 saturated heterocycles. The van der Waals surface area contributed by atoms with Gasteiger partial charge in [0.15, 0.2) is 17.3 Å². The average molecular weight is 241 g/mol. The summed E-state index contributed by atoms with van der Waals surface area (Å²) in [4.78, 5) is 28.7. The Balaban J connectivity index is 1.95. The maximum atomic E-state index is 12.2. The van der Waals surface area contributed by atoms with Gasteiger partial charge in [-0.1, -0.05) is 31.0 Å². The van der Waals surface area contributed by atoms with Crippen LogP contribution in [0, 0.1) is 11.8 Å². The van der Waals surface area contributed by atoms with Crippen LogP contribution >= 0.6 is 0 Å². The van der Waals surface area contributed by atoms with Crippen LogP contribution in [-0.2, 0) is 9.59 Å². The van der Waals surface area contributed by atoms with Gasteiger partial charge in [0.05, 0.1) is 5.69 Å². The number of para-hydroxylation sites is 1. The molecule has 0 bridgehead atoms. The Hall–Kier alpha value is -1.77. The third-order valence-electron chi connectivity index (χ3n) is 3.90. The summed E-state index contributed by atoms with van der Waals surface area (Å²) in [6.07, 6.45) is 3.81. The van der Waals surface area contributed by atoms with E-state index in [4.69, 9.17) is 0 Å². The number of aliphatic imine (C=N–C) groups is 1. The van der Waals surface area contributed by atoms with E-state index in [1.807, 2.05) is 30.3 Å². The smallest absolute Gasteiger partial charge is 0.188 e. The summed E-state index contributed by atoms with van der Waals surface area (Å²) in [5.74, 6) is -0.246. The third kappa shape index (κ3) is 1.80. The van der Waals surface area contributed by atoms with Crippen molar-refractivity contribution in [3.05, 3.63) is 30.3 Å². The van der Waals surface area contributed by atoms with Crippen molar-refractivity contribution in [1.82, 2.24) is 0 Å². The molecule has 0 amide bonds. The van der Waals surface area contributed by atoms with Gasteiger partial charge in [0.25, 0.3) is 0 Å². The highest BCUT2D eigenvalue weighted by atomic mass is 16.2. The lowest BCUT2D eigenvalue weighted by molar-refractivity contribution is -0.120. The van der Waals surface area contributed by atoms with Crippen molar-refractivity contribution >= 4 is 23.0 Å². The second kappa shape index (κ2) is 4.48. The Bertz CT molecular complexity index is 493. The van der Waals surface area contributed by atoms with E-state index in [-0.39, 0.29) is 29.1 Å². The summed E-state index contributed by atoms with van der Waals surface area (Å²) in [5.41, 5.74) is 0.867. The third-order valence-corrected chi connectivity index (χ3v) is 3.90. The van der Waals surface area contributed by atoms with Crippen molar-refractivity contribution in [2.75, 3.05) is 0 Å². The molecule has 3 nitrogen and oxygen atoms in total. The number of carbonyl (C=O) groups excluding carboxylic acids is 2. The first kappa shape index (κ1) is 11.3. The summed E-state index contributed by atoms with van der Waals surface area (Å²) in [7, 11) is 0. The van der Waals surface area contributed by atoms with Gasteiger partial charge < -0.3 is 0 Å². The molecule has 2 saturated carbocycles. The Labute approximate surface area is 106 Å². The molecule has 18 heavy (non-hydrogen) atoms. The molecule has 92 valence electrons. The van der Waals surface area contributed by atoms with Gasteiger partial charge in [0.1, 0.15) is 0 Å². The molecule has 2 atom stereocenters. The fourth-order valence-electron chi connectivity index (χ4n) is 2.97. The minimum Gasteiger partial charge on any atom is -0.292 e. The van der Waals surface area contributed by atoms with Gasteiger partial charge in [0.2, 0.25) is 0 Å². The zero-order valence-electron chi connectivity index (χ0n) is 10.1. The predicted octanol–water partition coefficient (Wildman–Crippen LogP) is 2.72. The van der Waals surface area contributed by atoms with Crippen LogP contribution in [0.15, 0.2) is 35.3 Å². The Morgan fingerprint density at radius 2 is 1.44 bits per heavy atom. The van der Waals surface area contributed by atoms with E-state index < -0.39 is 0 Å². The lowest BCUT2D eigenvalue weighted by Crippen LogP contribution is -2.21. The minimum atomic E-state index is -0.0892. The Kier molecular flexibility index (Phi) is 2.82. The van der Waals surface area contributed by atoms with E-state index in [2.05, 4.69) is 4.99 Å².